The van der Waals surface area contributed by atoms with Gasteiger partial charge in [-0.3, -0.25) is 9.69 Å². The summed E-state index contributed by atoms with van der Waals surface area (Å²) in [5.41, 5.74) is 2.54. The molecule has 1 saturated heterocycles. The van der Waals surface area contributed by atoms with E-state index in [1.54, 1.807) is 19.2 Å². The third-order valence-corrected chi connectivity index (χ3v) is 6.00. The van der Waals surface area contributed by atoms with Crippen molar-refractivity contribution in [3.63, 3.8) is 0 Å². The molecule has 6 nitrogen and oxygen atoms in total. The minimum Gasteiger partial charge on any atom is -0.496 e. The Hall–Kier alpha value is -3.12. The molecule has 1 aliphatic heterocycles. The van der Waals surface area contributed by atoms with Gasteiger partial charge in [0.25, 0.3) is 5.91 Å². The van der Waals surface area contributed by atoms with Crippen LogP contribution in [0.5, 0.6) is 5.75 Å². The number of nitrogens with zero attached hydrogens (tertiary/aromatic N) is 1. The number of hydrogen-bond acceptors (Lipinski definition) is 5. The zero-order valence-corrected chi connectivity index (χ0v) is 18.2. The van der Waals surface area contributed by atoms with Gasteiger partial charge >= 0.3 is 5.63 Å². The molecule has 31 heavy (non-hydrogen) atoms. The number of methoxy groups -OCH3 is 1. The molecule has 0 saturated carbocycles. The van der Waals surface area contributed by atoms with Gasteiger partial charge in [0.1, 0.15) is 16.9 Å². The number of amides is 1. The monoisotopic (exact) mass is 420 g/mol. The molecular weight excluding hydrogens is 392 g/mol. The summed E-state index contributed by atoms with van der Waals surface area (Å²) in [4.78, 5) is 27.8. The highest BCUT2D eigenvalue weighted by atomic mass is 16.5. The number of ether oxygens (including phenoxy) is 1. The lowest BCUT2D eigenvalue weighted by Crippen LogP contribution is -2.21. The molecule has 1 amide bonds. The Morgan fingerprint density at radius 1 is 1.23 bits per heavy atom. The van der Waals surface area contributed by atoms with Gasteiger partial charge in [0.15, 0.2) is 0 Å². The normalized spacial score (nSPS) is 16.5. The second kappa shape index (κ2) is 8.94. The summed E-state index contributed by atoms with van der Waals surface area (Å²) in [7, 11) is 3.73. The summed E-state index contributed by atoms with van der Waals surface area (Å²) >= 11 is 0. The number of anilines is 1. The van der Waals surface area contributed by atoms with Crippen LogP contribution < -0.4 is 15.7 Å². The summed E-state index contributed by atoms with van der Waals surface area (Å²) in [6.45, 7) is 3.15. The molecular formula is C25H28N2O4. The van der Waals surface area contributed by atoms with E-state index < -0.39 is 11.5 Å². The molecule has 6 heteroatoms. The van der Waals surface area contributed by atoms with E-state index in [1.807, 2.05) is 37.3 Å². The molecule has 1 N–H and O–H groups in total. The van der Waals surface area contributed by atoms with Gasteiger partial charge in [-0.15, -0.1) is 0 Å². The van der Waals surface area contributed by atoms with Crippen molar-refractivity contribution in [3.8, 4) is 5.75 Å². The molecule has 0 radical (unpaired) electrons. The number of likely N-dealkylation sites (tertiary alicyclic amines) is 1. The number of rotatable bonds is 6. The molecule has 1 atom stereocenters. The minimum atomic E-state index is -0.653. The van der Waals surface area contributed by atoms with Crippen LogP contribution in [0.2, 0.25) is 0 Å². The van der Waals surface area contributed by atoms with Crippen molar-refractivity contribution in [1.82, 2.24) is 4.90 Å². The fourth-order valence-corrected chi connectivity index (χ4v) is 4.38. The van der Waals surface area contributed by atoms with Gasteiger partial charge in [-0.25, -0.2) is 4.79 Å². The first-order valence-corrected chi connectivity index (χ1v) is 10.8. The van der Waals surface area contributed by atoms with Crippen molar-refractivity contribution >= 4 is 22.6 Å². The van der Waals surface area contributed by atoms with E-state index in [9.17, 15) is 9.59 Å². The Labute approximate surface area is 181 Å². The van der Waals surface area contributed by atoms with Crippen molar-refractivity contribution in [2.45, 2.75) is 38.6 Å². The molecule has 1 unspecified atom stereocenters. The number of benzene rings is 2. The predicted molar refractivity (Wildman–Crippen MR) is 122 cm³/mol. The molecule has 0 bridgehead atoms. The first kappa shape index (κ1) is 21.1. The second-order valence-corrected chi connectivity index (χ2v) is 8.08. The van der Waals surface area contributed by atoms with Crippen molar-refractivity contribution in [2.24, 2.45) is 0 Å². The fourth-order valence-electron chi connectivity index (χ4n) is 4.38. The van der Waals surface area contributed by atoms with E-state index in [1.165, 1.54) is 12.0 Å². The van der Waals surface area contributed by atoms with Crippen LogP contribution in [0.3, 0.4) is 0 Å². The van der Waals surface area contributed by atoms with Crippen LogP contribution in [0.15, 0.2) is 51.7 Å². The van der Waals surface area contributed by atoms with E-state index >= 15 is 0 Å². The SMILES string of the molecule is CCCc1c(OC)ccc2cc(C(=O)Nc3ccc(C4CCCN4C)cc3)c(=O)oc12. The lowest BCUT2D eigenvalue weighted by Gasteiger charge is -2.20. The Kier molecular flexibility index (Phi) is 6.09. The summed E-state index contributed by atoms with van der Waals surface area (Å²) < 4.78 is 11.0. The number of fused-ring (bicyclic) bond motifs is 1. The van der Waals surface area contributed by atoms with Crippen LogP contribution in [0.1, 0.15) is 53.7 Å². The second-order valence-electron chi connectivity index (χ2n) is 8.08. The zero-order valence-electron chi connectivity index (χ0n) is 18.2. The lowest BCUT2D eigenvalue weighted by molar-refractivity contribution is 0.102. The number of aryl methyl sites for hydroxylation is 1. The summed E-state index contributed by atoms with van der Waals surface area (Å²) in [6.07, 6.45) is 3.94. The topological polar surface area (TPSA) is 71.8 Å². The maximum atomic E-state index is 12.8. The number of carbonyl (C=O) groups is 1. The molecule has 1 aromatic heterocycles. The number of nitrogens with one attached hydrogen (secondary N) is 1. The molecule has 0 aliphatic carbocycles. The Bertz CT molecular complexity index is 1150. The van der Waals surface area contributed by atoms with E-state index in [-0.39, 0.29) is 5.56 Å². The molecule has 3 aromatic rings. The first-order valence-electron chi connectivity index (χ1n) is 10.8. The summed E-state index contributed by atoms with van der Waals surface area (Å²) in [5.74, 6) is 0.206. The Morgan fingerprint density at radius 2 is 2.00 bits per heavy atom. The van der Waals surface area contributed by atoms with Gasteiger partial charge in [-0.2, -0.15) is 0 Å². The van der Waals surface area contributed by atoms with E-state index in [4.69, 9.17) is 9.15 Å². The largest absolute Gasteiger partial charge is 0.496 e. The predicted octanol–water partition coefficient (Wildman–Crippen LogP) is 4.77. The van der Waals surface area contributed by atoms with Gasteiger partial charge in [-0.1, -0.05) is 25.5 Å². The van der Waals surface area contributed by atoms with Crippen LogP contribution in [0.4, 0.5) is 5.69 Å². The van der Waals surface area contributed by atoms with Gasteiger partial charge in [0, 0.05) is 22.7 Å². The fraction of sp³-hybridized carbons (Fsp3) is 0.360. The van der Waals surface area contributed by atoms with Crippen LogP contribution in [-0.4, -0.2) is 31.5 Å². The molecule has 1 aliphatic rings. The third-order valence-electron chi connectivity index (χ3n) is 6.00. The maximum absolute atomic E-state index is 12.8. The van der Waals surface area contributed by atoms with Crippen molar-refractivity contribution in [3.05, 3.63) is 69.6 Å². The first-order chi connectivity index (χ1) is 15.0. The highest BCUT2D eigenvalue weighted by molar-refractivity contribution is 6.05. The van der Waals surface area contributed by atoms with Crippen LogP contribution in [-0.2, 0) is 6.42 Å². The van der Waals surface area contributed by atoms with Crippen molar-refractivity contribution < 1.29 is 13.9 Å². The van der Waals surface area contributed by atoms with Crippen molar-refractivity contribution in [1.29, 1.82) is 0 Å². The van der Waals surface area contributed by atoms with E-state index in [0.29, 0.717) is 28.4 Å². The van der Waals surface area contributed by atoms with E-state index in [0.717, 1.165) is 31.4 Å². The smallest absolute Gasteiger partial charge is 0.349 e. The Balaban J connectivity index is 1.59. The highest BCUT2D eigenvalue weighted by Crippen LogP contribution is 2.31. The van der Waals surface area contributed by atoms with Gasteiger partial charge in [0.05, 0.1) is 7.11 Å². The Morgan fingerprint density at radius 3 is 2.65 bits per heavy atom. The molecule has 1 fully saturated rings. The summed E-state index contributed by atoms with van der Waals surface area (Å²) in [6, 6.07) is 13.5. The van der Waals surface area contributed by atoms with Gasteiger partial charge < -0.3 is 14.5 Å². The van der Waals surface area contributed by atoms with Crippen LogP contribution in [0, 0.1) is 0 Å². The van der Waals surface area contributed by atoms with Gasteiger partial charge in [0.2, 0.25) is 0 Å². The molecule has 162 valence electrons. The lowest BCUT2D eigenvalue weighted by atomic mass is 10.0. The minimum absolute atomic E-state index is 0.0141. The highest BCUT2D eigenvalue weighted by Gasteiger charge is 2.22. The average Bonchev–Trinajstić information content (AvgIpc) is 3.20. The van der Waals surface area contributed by atoms with Crippen molar-refractivity contribution in [2.75, 3.05) is 26.0 Å². The van der Waals surface area contributed by atoms with E-state index in [2.05, 4.69) is 17.3 Å². The molecule has 0 spiro atoms. The average molecular weight is 421 g/mol. The standard InChI is InChI=1S/C25H28N2O4/c1-4-6-19-22(30-3)13-10-17-15-20(25(29)31-23(17)19)24(28)26-18-11-8-16(9-12-18)21-7-5-14-27(21)2/h8-13,15,21H,4-7,14H2,1-3H3,(H,26,28). The van der Waals surface area contributed by atoms with Gasteiger partial charge in [-0.05, 0) is 68.8 Å². The van der Waals surface area contributed by atoms with Crippen LogP contribution in [0.25, 0.3) is 11.0 Å². The molecule has 4 rings (SSSR count). The molecule has 2 aromatic carbocycles. The molecule has 2 heterocycles. The number of carbonyl (C=O) groups excluding carboxylic acids is 1. The quantitative estimate of drug-likeness (QED) is 0.582. The summed E-state index contributed by atoms with van der Waals surface area (Å²) in [5, 5.41) is 3.52. The number of hydrogen-bond donors (Lipinski definition) is 1. The zero-order chi connectivity index (χ0) is 22.0. The maximum Gasteiger partial charge on any atom is 0.349 e. The third kappa shape index (κ3) is 4.21. The van der Waals surface area contributed by atoms with Crippen LogP contribution >= 0.6 is 0 Å².